The van der Waals surface area contributed by atoms with Gasteiger partial charge in [0.15, 0.2) is 5.96 Å². The molecule has 0 bridgehead atoms. The summed E-state index contributed by atoms with van der Waals surface area (Å²) in [7, 11) is 1.66. The summed E-state index contributed by atoms with van der Waals surface area (Å²) in [5.41, 5.74) is 2.04. The maximum Gasteiger partial charge on any atom is 0.319 e. The first-order valence-electron chi connectivity index (χ1n) is 9.58. The highest BCUT2D eigenvalue weighted by atomic mass is 127. The molecule has 0 atom stereocenters. The maximum absolute atomic E-state index is 13.0. The van der Waals surface area contributed by atoms with Crippen LogP contribution in [-0.4, -0.2) is 42.4 Å². The van der Waals surface area contributed by atoms with Gasteiger partial charge in [-0.1, -0.05) is 12.1 Å². The lowest BCUT2D eigenvalue weighted by Gasteiger charge is -2.14. The van der Waals surface area contributed by atoms with Crippen molar-refractivity contribution in [1.29, 1.82) is 0 Å². The van der Waals surface area contributed by atoms with E-state index in [2.05, 4.69) is 20.6 Å². The van der Waals surface area contributed by atoms with Crippen LogP contribution in [0.25, 0.3) is 0 Å². The molecule has 0 aliphatic carbocycles. The molecule has 2 rings (SSSR count). The molecule has 1 aromatic heterocycles. The zero-order chi connectivity index (χ0) is 21.1. The molecule has 2 N–H and O–H groups in total. The van der Waals surface area contributed by atoms with Gasteiger partial charge in [0, 0.05) is 44.6 Å². The number of alkyl halides is 2. The normalized spacial score (nSPS) is 11.3. The first-order valence-corrected chi connectivity index (χ1v) is 9.58. The molecule has 0 aliphatic heterocycles. The highest BCUT2D eigenvalue weighted by molar-refractivity contribution is 14.0. The van der Waals surface area contributed by atoms with Gasteiger partial charge in [0.1, 0.15) is 11.6 Å². The second-order valence-corrected chi connectivity index (χ2v) is 6.38. The van der Waals surface area contributed by atoms with Crippen molar-refractivity contribution in [3.63, 3.8) is 0 Å². The number of halogens is 3. The number of aryl methyl sites for hydroxylation is 1. The summed E-state index contributed by atoms with van der Waals surface area (Å²) in [6, 6.07) is 5.97. The predicted molar refractivity (Wildman–Crippen MR) is 124 cm³/mol. The number of aromatic nitrogens is 2. The summed E-state index contributed by atoms with van der Waals surface area (Å²) in [4.78, 5) is 8.53. The van der Waals surface area contributed by atoms with Crippen LogP contribution in [0.15, 0.2) is 35.6 Å². The van der Waals surface area contributed by atoms with Crippen LogP contribution in [-0.2, 0) is 17.8 Å². The van der Waals surface area contributed by atoms with Gasteiger partial charge in [0.25, 0.3) is 0 Å². The van der Waals surface area contributed by atoms with Crippen molar-refractivity contribution in [2.24, 2.45) is 4.99 Å². The van der Waals surface area contributed by atoms with Crippen molar-refractivity contribution in [2.45, 2.75) is 39.9 Å². The summed E-state index contributed by atoms with van der Waals surface area (Å²) < 4.78 is 37.7. The monoisotopic (exact) mass is 537 g/mol. The standard InChI is InChI=1S/C20H29F2N5O2.HI/c1-4-23-20(26-14-18-24-8-9-27(18)19(21)22)25-13-16-7-6-15(2)12-17(16)29-11-5-10-28-3;/h6-9,12,19H,4-5,10-11,13-14H2,1-3H3,(H2,23,25,26);1H. The first kappa shape index (κ1) is 26.1. The van der Waals surface area contributed by atoms with E-state index < -0.39 is 6.55 Å². The van der Waals surface area contributed by atoms with E-state index in [9.17, 15) is 8.78 Å². The van der Waals surface area contributed by atoms with E-state index in [1.807, 2.05) is 32.0 Å². The number of methoxy groups -OCH3 is 1. The molecule has 2 aromatic rings. The predicted octanol–water partition coefficient (Wildman–Crippen LogP) is 3.88. The van der Waals surface area contributed by atoms with Gasteiger partial charge in [-0.2, -0.15) is 8.78 Å². The molecule has 7 nitrogen and oxygen atoms in total. The van der Waals surface area contributed by atoms with Gasteiger partial charge in [-0.15, -0.1) is 24.0 Å². The molecule has 0 fully saturated rings. The van der Waals surface area contributed by atoms with E-state index in [-0.39, 0.29) is 36.3 Å². The summed E-state index contributed by atoms with van der Waals surface area (Å²) in [6.07, 6.45) is 3.41. The Bertz CT molecular complexity index is 786. The number of nitrogens with one attached hydrogen (secondary N) is 2. The van der Waals surface area contributed by atoms with Gasteiger partial charge in [-0.05, 0) is 25.5 Å². The second kappa shape index (κ2) is 14.1. The molecule has 0 amide bonds. The summed E-state index contributed by atoms with van der Waals surface area (Å²) in [5, 5.41) is 6.16. The summed E-state index contributed by atoms with van der Waals surface area (Å²) in [5.74, 6) is 1.54. The second-order valence-electron chi connectivity index (χ2n) is 6.38. The van der Waals surface area contributed by atoms with Crippen LogP contribution in [0.1, 0.15) is 36.8 Å². The van der Waals surface area contributed by atoms with Gasteiger partial charge in [0.05, 0.1) is 19.7 Å². The van der Waals surface area contributed by atoms with Crippen LogP contribution in [0.3, 0.4) is 0 Å². The maximum atomic E-state index is 13.0. The Morgan fingerprint density at radius 3 is 2.77 bits per heavy atom. The lowest BCUT2D eigenvalue weighted by atomic mass is 10.1. The third-order valence-corrected chi connectivity index (χ3v) is 4.10. The molecule has 10 heteroatoms. The Kier molecular flexibility index (Phi) is 12.3. The number of hydrogen-bond donors (Lipinski definition) is 2. The van der Waals surface area contributed by atoms with E-state index >= 15 is 0 Å². The number of benzene rings is 1. The van der Waals surface area contributed by atoms with E-state index in [1.54, 1.807) is 7.11 Å². The van der Waals surface area contributed by atoms with E-state index in [1.165, 1.54) is 12.4 Å². The Morgan fingerprint density at radius 1 is 1.27 bits per heavy atom. The van der Waals surface area contributed by atoms with E-state index in [0.29, 0.717) is 32.3 Å². The van der Waals surface area contributed by atoms with Crippen LogP contribution >= 0.6 is 24.0 Å². The van der Waals surface area contributed by atoms with Crippen LogP contribution < -0.4 is 15.4 Å². The number of ether oxygens (including phenoxy) is 2. The van der Waals surface area contributed by atoms with Crippen molar-refractivity contribution in [3.8, 4) is 5.75 Å². The van der Waals surface area contributed by atoms with E-state index in [4.69, 9.17) is 9.47 Å². The molecule has 1 heterocycles. The Morgan fingerprint density at radius 2 is 2.07 bits per heavy atom. The molecule has 0 saturated carbocycles. The SMILES string of the molecule is CCNC(=NCc1ccc(C)cc1OCCCOC)NCc1nccn1C(F)F.I. The average molecular weight is 537 g/mol. The fourth-order valence-electron chi connectivity index (χ4n) is 2.64. The van der Waals surface area contributed by atoms with Gasteiger partial charge in [0.2, 0.25) is 0 Å². The fourth-order valence-corrected chi connectivity index (χ4v) is 2.64. The number of aliphatic imine (C=N–C) groups is 1. The quantitative estimate of drug-likeness (QED) is 0.197. The summed E-state index contributed by atoms with van der Waals surface area (Å²) in [6.45, 7) is 3.68. The van der Waals surface area contributed by atoms with Crippen LogP contribution in [0.4, 0.5) is 8.78 Å². The molecular formula is C20H30F2IN5O2. The van der Waals surface area contributed by atoms with Gasteiger partial charge < -0.3 is 20.1 Å². The van der Waals surface area contributed by atoms with Crippen molar-refractivity contribution < 1.29 is 18.3 Å². The molecule has 0 unspecified atom stereocenters. The van der Waals surface area contributed by atoms with Crippen molar-refractivity contribution in [2.75, 3.05) is 26.9 Å². The third-order valence-electron chi connectivity index (χ3n) is 4.10. The topological polar surface area (TPSA) is 72.7 Å². The Labute approximate surface area is 193 Å². The van der Waals surface area contributed by atoms with Crippen LogP contribution in [0, 0.1) is 6.92 Å². The fraction of sp³-hybridized carbons (Fsp3) is 0.500. The Balaban J connectivity index is 0.00000450. The van der Waals surface area contributed by atoms with Gasteiger partial charge >= 0.3 is 6.55 Å². The highest BCUT2D eigenvalue weighted by Gasteiger charge is 2.12. The minimum Gasteiger partial charge on any atom is -0.493 e. The minimum absolute atomic E-state index is 0. The van der Waals surface area contributed by atoms with Crippen molar-refractivity contribution >= 4 is 29.9 Å². The van der Waals surface area contributed by atoms with Crippen LogP contribution in [0.2, 0.25) is 0 Å². The number of guanidine groups is 1. The first-order chi connectivity index (χ1) is 14.0. The third kappa shape index (κ3) is 8.42. The zero-order valence-corrected chi connectivity index (χ0v) is 19.9. The minimum atomic E-state index is -2.63. The van der Waals surface area contributed by atoms with Crippen molar-refractivity contribution in [1.82, 2.24) is 20.2 Å². The highest BCUT2D eigenvalue weighted by Crippen LogP contribution is 2.21. The smallest absolute Gasteiger partial charge is 0.319 e. The van der Waals surface area contributed by atoms with Crippen LogP contribution in [0.5, 0.6) is 5.75 Å². The molecule has 168 valence electrons. The molecule has 1 aromatic carbocycles. The van der Waals surface area contributed by atoms with Crippen molar-refractivity contribution in [3.05, 3.63) is 47.5 Å². The summed E-state index contributed by atoms with van der Waals surface area (Å²) >= 11 is 0. The Hall–Kier alpha value is -1.95. The molecule has 0 spiro atoms. The number of rotatable bonds is 11. The lowest BCUT2D eigenvalue weighted by molar-refractivity contribution is 0.0668. The molecule has 0 saturated heterocycles. The number of nitrogens with zero attached hydrogens (tertiary/aromatic N) is 3. The molecular weight excluding hydrogens is 507 g/mol. The number of imidazole rings is 1. The van der Waals surface area contributed by atoms with E-state index in [0.717, 1.165) is 27.9 Å². The molecule has 0 radical (unpaired) electrons. The lowest BCUT2D eigenvalue weighted by Crippen LogP contribution is -2.37. The molecule has 30 heavy (non-hydrogen) atoms. The number of hydrogen-bond acceptors (Lipinski definition) is 4. The largest absolute Gasteiger partial charge is 0.493 e. The molecule has 0 aliphatic rings. The average Bonchev–Trinajstić information content (AvgIpc) is 3.17. The van der Waals surface area contributed by atoms with Gasteiger partial charge in [-0.3, -0.25) is 4.57 Å². The zero-order valence-electron chi connectivity index (χ0n) is 17.5. The van der Waals surface area contributed by atoms with Gasteiger partial charge in [-0.25, -0.2) is 9.98 Å².